The van der Waals surface area contributed by atoms with Crippen molar-refractivity contribution in [1.82, 2.24) is 0 Å². The quantitative estimate of drug-likeness (QED) is 0.501. The number of hydrogen-bond acceptors (Lipinski definition) is 2. The summed E-state index contributed by atoms with van der Waals surface area (Å²) in [5.41, 5.74) is 4.67. The molecule has 0 fully saturated rings. The van der Waals surface area contributed by atoms with Crippen LogP contribution in [-0.2, 0) is 6.42 Å². The van der Waals surface area contributed by atoms with Gasteiger partial charge in [-0.15, -0.1) is 0 Å². The maximum Gasteiger partial charge on any atom is 0.131 e. The molecule has 0 saturated heterocycles. The topological polar surface area (TPSA) is 39.5 Å². The van der Waals surface area contributed by atoms with E-state index in [1.165, 1.54) is 5.56 Å². The number of nitrogens with one attached hydrogen (secondary N) is 1. The highest BCUT2D eigenvalue weighted by molar-refractivity contribution is 6.10. The average molecular weight is 265 g/mol. The number of aliphatic imine (C=N–C) groups is 1. The van der Waals surface area contributed by atoms with Crippen LogP contribution in [0, 0.1) is 5.41 Å². The van der Waals surface area contributed by atoms with Gasteiger partial charge in [-0.05, 0) is 43.3 Å². The van der Waals surface area contributed by atoms with Crippen molar-refractivity contribution >= 4 is 23.9 Å². The molecule has 3 heteroatoms. The normalized spacial score (nSPS) is 13.3. The highest BCUT2D eigenvalue weighted by atomic mass is 15.2. The van der Waals surface area contributed by atoms with E-state index < -0.39 is 0 Å². The summed E-state index contributed by atoms with van der Waals surface area (Å²) in [6, 6.07) is 6.07. The van der Waals surface area contributed by atoms with E-state index >= 15 is 0 Å². The number of nitrogens with zero attached hydrogens (tertiary/aromatic N) is 2. The summed E-state index contributed by atoms with van der Waals surface area (Å²) < 4.78 is 0. The summed E-state index contributed by atoms with van der Waals surface area (Å²) in [7, 11) is 0. The Morgan fingerprint density at radius 3 is 2.80 bits per heavy atom. The Morgan fingerprint density at radius 1 is 1.40 bits per heavy atom. The Balaban J connectivity index is 2.30. The Kier molecular flexibility index (Phi) is 3.99. The first-order valence-electron chi connectivity index (χ1n) is 6.55. The number of fused-ring (bicyclic) bond motifs is 1. The molecule has 1 aromatic carbocycles. The third-order valence-electron chi connectivity index (χ3n) is 3.44. The first kappa shape index (κ1) is 14.0. The largest absolute Gasteiger partial charge is 0.326 e. The summed E-state index contributed by atoms with van der Waals surface area (Å²) in [6.07, 6.45) is 4.67. The predicted molar refractivity (Wildman–Crippen MR) is 87.8 cm³/mol. The minimum Gasteiger partial charge on any atom is -0.326 e. The smallest absolute Gasteiger partial charge is 0.131 e. The molecular weight excluding hydrogens is 246 g/mol. The fourth-order valence-electron chi connectivity index (χ4n) is 2.36. The first-order valence-corrected chi connectivity index (χ1v) is 6.55. The van der Waals surface area contributed by atoms with Crippen LogP contribution in [0.3, 0.4) is 0 Å². The van der Waals surface area contributed by atoms with Gasteiger partial charge in [0.05, 0.1) is 5.70 Å². The molecule has 3 nitrogen and oxygen atoms in total. The molecule has 2 rings (SSSR count). The van der Waals surface area contributed by atoms with Crippen molar-refractivity contribution in [1.29, 1.82) is 5.41 Å². The molecule has 0 aromatic heterocycles. The van der Waals surface area contributed by atoms with Gasteiger partial charge in [-0.1, -0.05) is 31.4 Å². The molecule has 1 heterocycles. The van der Waals surface area contributed by atoms with Crippen molar-refractivity contribution in [2.45, 2.75) is 13.3 Å². The van der Waals surface area contributed by atoms with Crippen molar-refractivity contribution in [2.24, 2.45) is 4.99 Å². The lowest BCUT2D eigenvalue weighted by atomic mass is 10.1. The van der Waals surface area contributed by atoms with Crippen molar-refractivity contribution < 1.29 is 0 Å². The second-order valence-electron chi connectivity index (χ2n) is 4.72. The Bertz CT molecular complexity index is 623. The zero-order valence-corrected chi connectivity index (χ0v) is 11.8. The van der Waals surface area contributed by atoms with Crippen LogP contribution in [-0.4, -0.2) is 19.1 Å². The molecule has 1 aromatic rings. The number of benzene rings is 1. The molecule has 0 spiro atoms. The highest BCUT2D eigenvalue weighted by Crippen LogP contribution is 2.31. The maximum atomic E-state index is 8.23. The Labute approximate surface area is 120 Å². The highest BCUT2D eigenvalue weighted by Gasteiger charge is 2.23. The van der Waals surface area contributed by atoms with E-state index in [9.17, 15) is 0 Å². The van der Waals surface area contributed by atoms with Crippen LogP contribution < -0.4 is 4.90 Å². The van der Waals surface area contributed by atoms with E-state index in [1.54, 1.807) is 0 Å². The van der Waals surface area contributed by atoms with Crippen LogP contribution >= 0.6 is 0 Å². The fourth-order valence-corrected chi connectivity index (χ4v) is 2.36. The second kappa shape index (κ2) is 5.70. The molecule has 0 radical (unpaired) electrons. The van der Waals surface area contributed by atoms with Gasteiger partial charge in [-0.25, -0.2) is 0 Å². The van der Waals surface area contributed by atoms with Crippen molar-refractivity contribution in [2.75, 3.05) is 11.4 Å². The van der Waals surface area contributed by atoms with Gasteiger partial charge in [-0.3, -0.25) is 10.4 Å². The van der Waals surface area contributed by atoms with Gasteiger partial charge in [0.1, 0.15) is 5.84 Å². The van der Waals surface area contributed by atoms with E-state index in [0.29, 0.717) is 11.5 Å². The minimum absolute atomic E-state index is 0.454. The first-order chi connectivity index (χ1) is 9.58. The number of allylic oxidation sites excluding steroid dienone is 1. The lowest BCUT2D eigenvalue weighted by Gasteiger charge is -2.20. The zero-order valence-electron chi connectivity index (χ0n) is 11.8. The van der Waals surface area contributed by atoms with Crippen molar-refractivity contribution in [3.05, 3.63) is 60.2 Å². The van der Waals surface area contributed by atoms with E-state index in [-0.39, 0.29) is 0 Å². The monoisotopic (exact) mass is 265 g/mol. The molecule has 102 valence electrons. The summed E-state index contributed by atoms with van der Waals surface area (Å²) in [5, 5.41) is 8.23. The van der Waals surface area contributed by atoms with Crippen LogP contribution in [0.5, 0.6) is 0 Å². The Morgan fingerprint density at radius 2 is 2.15 bits per heavy atom. The van der Waals surface area contributed by atoms with Gasteiger partial charge in [0.15, 0.2) is 0 Å². The van der Waals surface area contributed by atoms with Gasteiger partial charge in [0.25, 0.3) is 0 Å². The molecule has 20 heavy (non-hydrogen) atoms. The molecule has 0 saturated carbocycles. The molecule has 1 aliphatic rings. The molecule has 0 atom stereocenters. The number of amidine groups is 1. The second-order valence-corrected chi connectivity index (χ2v) is 4.72. The molecule has 0 unspecified atom stereocenters. The van der Waals surface area contributed by atoms with Gasteiger partial charge in [0.2, 0.25) is 0 Å². The molecule has 1 aliphatic heterocycles. The minimum atomic E-state index is 0.454. The van der Waals surface area contributed by atoms with Crippen molar-refractivity contribution in [3.63, 3.8) is 0 Å². The van der Waals surface area contributed by atoms with E-state index in [4.69, 9.17) is 5.41 Å². The zero-order chi connectivity index (χ0) is 14.7. The number of hydrogen-bond donors (Lipinski definition) is 1. The molecule has 0 aliphatic carbocycles. The van der Waals surface area contributed by atoms with Gasteiger partial charge in [-0.2, -0.15) is 0 Å². The lowest BCUT2D eigenvalue weighted by Crippen LogP contribution is -2.28. The summed E-state index contributed by atoms with van der Waals surface area (Å²) in [6.45, 7) is 14.0. The SMILES string of the molecule is C=NC(=C)c1ccc2c(c1)CCN2C(=N)C(=C)C=CC. The Hall–Kier alpha value is -2.42. The van der Waals surface area contributed by atoms with Gasteiger partial charge in [0, 0.05) is 17.8 Å². The van der Waals surface area contributed by atoms with Crippen LogP contribution in [0.1, 0.15) is 18.1 Å². The van der Waals surface area contributed by atoms with Crippen LogP contribution in [0.4, 0.5) is 5.69 Å². The summed E-state index contributed by atoms with van der Waals surface area (Å²) >= 11 is 0. The predicted octanol–water partition coefficient (Wildman–Crippen LogP) is 3.83. The summed E-state index contributed by atoms with van der Waals surface area (Å²) in [5.74, 6) is 0.454. The molecular formula is C17H19N3. The van der Waals surface area contributed by atoms with E-state index in [2.05, 4.69) is 30.9 Å². The van der Waals surface area contributed by atoms with E-state index in [0.717, 1.165) is 29.8 Å². The van der Waals surface area contributed by atoms with Crippen LogP contribution in [0.25, 0.3) is 5.70 Å². The van der Waals surface area contributed by atoms with E-state index in [1.807, 2.05) is 36.1 Å². The third-order valence-corrected chi connectivity index (χ3v) is 3.44. The van der Waals surface area contributed by atoms with Crippen LogP contribution in [0.15, 0.2) is 54.1 Å². The van der Waals surface area contributed by atoms with Gasteiger partial charge >= 0.3 is 0 Å². The lowest BCUT2D eigenvalue weighted by molar-refractivity contribution is 1.01. The molecule has 1 N–H and O–H groups in total. The standard InChI is InChI=1S/C17H19N3/c1-5-6-12(2)17(18)20-10-9-15-11-14(13(3)19-4)7-8-16(15)20/h5-8,11,18H,2-4,9-10H2,1H3. The third kappa shape index (κ3) is 2.48. The summed E-state index contributed by atoms with van der Waals surface area (Å²) in [4.78, 5) is 5.86. The fraction of sp³-hybridized carbons (Fsp3) is 0.176. The van der Waals surface area contributed by atoms with Crippen LogP contribution in [0.2, 0.25) is 0 Å². The average Bonchev–Trinajstić information content (AvgIpc) is 2.88. The molecule has 0 amide bonds. The maximum absolute atomic E-state index is 8.23. The van der Waals surface area contributed by atoms with Crippen molar-refractivity contribution in [3.8, 4) is 0 Å². The number of anilines is 1. The molecule has 0 bridgehead atoms. The number of rotatable bonds is 4. The van der Waals surface area contributed by atoms with Gasteiger partial charge < -0.3 is 4.90 Å².